The van der Waals surface area contributed by atoms with Gasteiger partial charge in [0.05, 0.1) is 4.90 Å². The predicted octanol–water partition coefficient (Wildman–Crippen LogP) is 4.51. The van der Waals surface area contributed by atoms with Crippen molar-refractivity contribution in [1.82, 2.24) is 0 Å². The zero-order valence-corrected chi connectivity index (χ0v) is 11.9. The second kappa shape index (κ2) is 3.84. The molecule has 0 atom stereocenters. The maximum absolute atomic E-state index is 11.9. The molecule has 0 unspecified atom stereocenters. The molecule has 98 valence electrons. The largest absolute Gasteiger partial charge is 0.261 e. The van der Waals surface area contributed by atoms with Crippen LogP contribution in [0.4, 0.5) is 0 Å². The van der Waals surface area contributed by atoms with Gasteiger partial charge in [-0.2, -0.15) is 0 Å². The molecule has 0 aliphatic carbocycles. The minimum atomic E-state index is -3.78. The summed E-state index contributed by atoms with van der Waals surface area (Å²) in [7, 11) is 1.82. The van der Waals surface area contributed by atoms with E-state index in [1.807, 2.05) is 42.5 Å². The van der Waals surface area contributed by atoms with E-state index in [4.69, 9.17) is 10.7 Å². The quantitative estimate of drug-likeness (QED) is 0.383. The maximum atomic E-state index is 11.9. The van der Waals surface area contributed by atoms with E-state index in [1.54, 1.807) is 6.07 Å². The Morgan fingerprint density at radius 1 is 0.750 bits per heavy atom. The van der Waals surface area contributed by atoms with Gasteiger partial charge in [-0.3, -0.25) is 0 Å². The summed E-state index contributed by atoms with van der Waals surface area (Å²) in [4.78, 5) is 0.177. The molecule has 4 aromatic carbocycles. The summed E-state index contributed by atoms with van der Waals surface area (Å²) in [6.07, 6.45) is 0. The monoisotopic (exact) mass is 300 g/mol. The van der Waals surface area contributed by atoms with Crippen molar-refractivity contribution in [1.29, 1.82) is 0 Å². The minimum absolute atomic E-state index is 0.177. The van der Waals surface area contributed by atoms with Crippen LogP contribution in [0.1, 0.15) is 0 Å². The Hall–Kier alpha value is -1.84. The molecule has 0 saturated carbocycles. The van der Waals surface area contributed by atoms with E-state index in [9.17, 15) is 8.42 Å². The Morgan fingerprint density at radius 3 is 2.05 bits per heavy atom. The Labute approximate surface area is 120 Å². The van der Waals surface area contributed by atoms with Gasteiger partial charge in [-0.05, 0) is 33.0 Å². The van der Waals surface area contributed by atoms with Crippen LogP contribution in [0.15, 0.2) is 59.5 Å². The average molecular weight is 301 g/mol. The second-order valence-electron chi connectivity index (χ2n) is 4.86. The van der Waals surface area contributed by atoms with E-state index in [-0.39, 0.29) is 4.90 Å². The fourth-order valence-corrected chi connectivity index (χ4v) is 4.01. The summed E-state index contributed by atoms with van der Waals surface area (Å²) in [6.45, 7) is 0. The van der Waals surface area contributed by atoms with Crippen molar-refractivity contribution in [3.63, 3.8) is 0 Å². The van der Waals surface area contributed by atoms with Gasteiger partial charge in [0.2, 0.25) is 0 Å². The van der Waals surface area contributed by atoms with Gasteiger partial charge in [-0.15, -0.1) is 0 Å². The van der Waals surface area contributed by atoms with E-state index >= 15 is 0 Å². The van der Waals surface area contributed by atoms with Crippen LogP contribution in [0.5, 0.6) is 0 Å². The Balaban J connectivity index is 2.44. The summed E-state index contributed by atoms with van der Waals surface area (Å²) < 4.78 is 23.7. The van der Waals surface area contributed by atoms with Gasteiger partial charge in [-0.1, -0.05) is 48.5 Å². The first-order valence-corrected chi connectivity index (χ1v) is 8.48. The molecule has 0 N–H and O–H groups in total. The highest BCUT2D eigenvalue weighted by molar-refractivity contribution is 8.14. The zero-order valence-electron chi connectivity index (χ0n) is 10.3. The van der Waals surface area contributed by atoms with Gasteiger partial charge >= 0.3 is 0 Å². The van der Waals surface area contributed by atoms with Crippen molar-refractivity contribution in [2.24, 2.45) is 0 Å². The van der Waals surface area contributed by atoms with Crippen LogP contribution >= 0.6 is 10.7 Å². The number of benzene rings is 4. The lowest BCUT2D eigenvalue weighted by Crippen LogP contribution is -1.94. The topological polar surface area (TPSA) is 34.1 Å². The lowest BCUT2D eigenvalue weighted by atomic mass is 9.94. The molecule has 4 rings (SSSR count). The predicted molar refractivity (Wildman–Crippen MR) is 83.2 cm³/mol. The molecular weight excluding hydrogens is 292 g/mol. The van der Waals surface area contributed by atoms with Gasteiger partial charge in [0.15, 0.2) is 0 Å². The zero-order chi connectivity index (χ0) is 13.9. The molecule has 0 aliphatic rings. The fraction of sp³-hybridized carbons (Fsp3) is 0. The van der Waals surface area contributed by atoms with Crippen molar-refractivity contribution in [2.75, 3.05) is 0 Å². The molecule has 0 amide bonds. The molecule has 0 spiro atoms. The molecule has 0 bridgehead atoms. The number of hydrogen-bond acceptors (Lipinski definition) is 2. The highest BCUT2D eigenvalue weighted by atomic mass is 35.7. The van der Waals surface area contributed by atoms with Gasteiger partial charge in [0.1, 0.15) is 0 Å². The van der Waals surface area contributed by atoms with Crippen LogP contribution in [0.2, 0.25) is 0 Å². The summed E-state index contributed by atoms with van der Waals surface area (Å²) in [5.74, 6) is 0. The normalized spacial score (nSPS) is 12.7. The number of halogens is 1. The van der Waals surface area contributed by atoms with Crippen molar-refractivity contribution in [2.45, 2.75) is 4.90 Å². The van der Waals surface area contributed by atoms with Crippen molar-refractivity contribution in [3.8, 4) is 0 Å². The van der Waals surface area contributed by atoms with Crippen LogP contribution in [0.3, 0.4) is 0 Å². The van der Waals surface area contributed by atoms with Gasteiger partial charge in [0.25, 0.3) is 9.05 Å². The SMILES string of the molecule is O=S(=O)(Cl)c1cc2cccc3ccc4cccc1c4c32. The minimum Gasteiger partial charge on any atom is -0.207 e. The molecule has 4 heteroatoms. The molecule has 0 aliphatic heterocycles. The summed E-state index contributed by atoms with van der Waals surface area (Å²) >= 11 is 0. The van der Waals surface area contributed by atoms with Gasteiger partial charge in [0, 0.05) is 16.1 Å². The highest BCUT2D eigenvalue weighted by Gasteiger charge is 2.18. The third-order valence-electron chi connectivity index (χ3n) is 3.73. The van der Waals surface area contributed by atoms with Crippen LogP contribution in [-0.2, 0) is 9.05 Å². The van der Waals surface area contributed by atoms with Gasteiger partial charge < -0.3 is 0 Å². The van der Waals surface area contributed by atoms with E-state index in [0.29, 0.717) is 5.39 Å². The van der Waals surface area contributed by atoms with Crippen LogP contribution in [0, 0.1) is 0 Å². The summed E-state index contributed by atoms with van der Waals surface area (Å²) in [6, 6.07) is 17.2. The Kier molecular flexibility index (Phi) is 2.29. The molecule has 0 saturated heterocycles. The van der Waals surface area contributed by atoms with E-state index in [1.165, 1.54) is 0 Å². The standard InChI is InChI=1S/C16H9ClO2S/c17-20(18,19)14-9-12-5-1-3-10-7-8-11-4-2-6-13(14)16(11)15(10)12/h1-9H. The lowest BCUT2D eigenvalue weighted by Gasteiger charge is -2.12. The van der Waals surface area contributed by atoms with E-state index in [2.05, 4.69) is 6.07 Å². The molecule has 4 aromatic rings. The molecular formula is C16H9ClO2S. The van der Waals surface area contributed by atoms with Crippen LogP contribution in [0.25, 0.3) is 32.3 Å². The summed E-state index contributed by atoms with van der Waals surface area (Å²) in [5, 5.41) is 5.75. The first kappa shape index (κ1) is 11.9. The molecule has 0 fully saturated rings. The first-order chi connectivity index (χ1) is 9.55. The fourth-order valence-electron chi connectivity index (χ4n) is 2.93. The smallest absolute Gasteiger partial charge is 0.207 e. The van der Waals surface area contributed by atoms with Gasteiger partial charge in [-0.25, -0.2) is 8.42 Å². The third kappa shape index (κ3) is 1.54. The molecule has 0 aromatic heterocycles. The molecule has 0 radical (unpaired) electrons. The Bertz CT molecular complexity index is 1070. The molecule has 0 heterocycles. The third-order valence-corrected chi connectivity index (χ3v) is 5.09. The maximum Gasteiger partial charge on any atom is 0.261 e. The second-order valence-corrected chi connectivity index (χ2v) is 7.40. The highest BCUT2D eigenvalue weighted by Crippen LogP contribution is 2.38. The average Bonchev–Trinajstić information content (AvgIpc) is 2.43. The van der Waals surface area contributed by atoms with Crippen LogP contribution < -0.4 is 0 Å². The van der Waals surface area contributed by atoms with Crippen molar-refractivity contribution >= 4 is 52.1 Å². The first-order valence-electron chi connectivity index (χ1n) is 6.17. The number of rotatable bonds is 1. The lowest BCUT2D eigenvalue weighted by molar-refractivity contribution is 0.610. The Morgan fingerprint density at radius 2 is 1.35 bits per heavy atom. The van der Waals surface area contributed by atoms with Crippen molar-refractivity contribution < 1.29 is 8.42 Å². The van der Waals surface area contributed by atoms with E-state index < -0.39 is 9.05 Å². The molecule has 2 nitrogen and oxygen atoms in total. The summed E-state index contributed by atoms with van der Waals surface area (Å²) in [5.41, 5.74) is 0. The van der Waals surface area contributed by atoms with E-state index in [0.717, 1.165) is 26.9 Å². The van der Waals surface area contributed by atoms with Crippen molar-refractivity contribution in [3.05, 3.63) is 54.6 Å². The van der Waals surface area contributed by atoms with Crippen LogP contribution in [-0.4, -0.2) is 8.42 Å². The molecule has 20 heavy (non-hydrogen) atoms. The number of hydrogen-bond donors (Lipinski definition) is 0.